The monoisotopic (exact) mass is 489 g/mol. The number of carbonyl (C=O) groups excluding carboxylic acids is 1. The van der Waals surface area contributed by atoms with Gasteiger partial charge in [0, 0.05) is 22.8 Å². The Morgan fingerprint density at radius 3 is 2.59 bits per heavy atom. The predicted molar refractivity (Wildman–Crippen MR) is 124 cm³/mol. The van der Waals surface area contributed by atoms with Crippen LogP contribution in [0.15, 0.2) is 76.6 Å². The Morgan fingerprint density at radius 1 is 1.12 bits per heavy atom. The van der Waals surface area contributed by atoms with Crippen molar-refractivity contribution >= 4 is 54.8 Å². The maximum atomic E-state index is 13.6. The van der Waals surface area contributed by atoms with Gasteiger partial charge >= 0.3 is 0 Å². The van der Waals surface area contributed by atoms with Crippen LogP contribution in [0.1, 0.15) is 17.3 Å². The zero-order valence-corrected chi connectivity index (χ0v) is 19.1. The molecule has 10 heteroatoms. The summed E-state index contributed by atoms with van der Waals surface area (Å²) in [6.07, 6.45) is 0. The van der Waals surface area contributed by atoms with E-state index in [2.05, 4.69) is 9.71 Å². The van der Waals surface area contributed by atoms with E-state index in [-0.39, 0.29) is 22.0 Å². The minimum Gasteiger partial charge on any atom is -0.317 e. The molecule has 0 saturated carbocycles. The number of halogens is 2. The second-order valence-corrected chi connectivity index (χ2v) is 9.93. The molecule has 0 aliphatic heterocycles. The van der Waals surface area contributed by atoms with Crippen molar-refractivity contribution in [3.63, 3.8) is 0 Å². The van der Waals surface area contributed by atoms with E-state index in [1.165, 1.54) is 53.8 Å². The van der Waals surface area contributed by atoms with Crippen LogP contribution >= 0.6 is 22.9 Å². The Hall–Kier alpha value is -3.01. The summed E-state index contributed by atoms with van der Waals surface area (Å²) < 4.78 is 43.7. The molecule has 0 bridgehead atoms. The SMILES string of the molecule is CCn1c(=NC(=O)c2cccc(NS(=O)(=O)c3ccc(Cl)cc3)c2)sc2cc(F)ccc21. The number of anilines is 1. The third kappa shape index (κ3) is 4.59. The Bertz CT molecular complexity index is 1490. The van der Waals surface area contributed by atoms with Gasteiger partial charge in [0.1, 0.15) is 5.82 Å². The molecule has 0 unspecified atom stereocenters. The van der Waals surface area contributed by atoms with Gasteiger partial charge in [-0.3, -0.25) is 9.52 Å². The topological polar surface area (TPSA) is 80.5 Å². The van der Waals surface area contributed by atoms with Crippen molar-refractivity contribution in [2.75, 3.05) is 4.72 Å². The lowest BCUT2D eigenvalue weighted by Crippen LogP contribution is -2.16. The molecule has 1 heterocycles. The van der Waals surface area contributed by atoms with Gasteiger partial charge in [-0.2, -0.15) is 4.99 Å². The molecule has 1 N–H and O–H groups in total. The van der Waals surface area contributed by atoms with E-state index in [1.807, 2.05) is 11.5 Å². The summed E-state index contributed by atoms with van der Waals surface area (Å²) in [6, 6.07) is 16.2. The van der Waals surface area contributed by atoms with Gasteiger partial charge in [-0.15, -0.1) is 0 Å². The standard InChI is InChI=1S/C22H17ClFN3O3S2/c1-2-27-19-11-8-16(24)13-20(19)31-22(27)25-21(28)14-4-3-5-17(12-14)26-32(29,30)18-9-6-15(23)7-10-18/h3-13,26H,2H2,1H3. The molecule has 0 aliphatic carbocycles. The molecule has 32 heavy (non-hydrogen) atoms. The summed E-state index contributed by atoms with van der Waals surface area (Å²) in [7, 11) is -3.85. The highest BCUT2D eigenvalue weighted by molar-refractivity contribution is 7.92. The number of benzene rings is 3. The molecule has 0 radical (unpaired) electrons. The fourth-order valence-corrected chi connectivity index (χ4v) is 5.43. The van der Waals surface area contributed by atoms with Crippen LogP contribution in [-0.2, 0) is 16.6 Å². The van der Waals surface area contributed by atoms with Crippen LogP contribution in [0.5, 0.6) is 0 Å². The van der Waals surface area contributed by atoms with Gasteiger partial charge in [-0.1, -0.05) is 29.0 Å². The van der Waals surface area contributed by atoms with Crippen molar-refractivity contribution in [1.82, 2.24) is 4.57 Å². The van der Waals surface area contributed by atoms with E-state index >= 15 is 0 Å². The summed E-state index contributed by atoms with van der Waals surface area (Å²) in [5.41, 5.74) is 1.23. The van der Waals surface area contributed by atoms with Crippen molar-refractivity contribution < 1.29 is 17.6 Å². The molecule has 4 rings (SSSR count). The second kappa shape index (κ2) is 8.85. The molecule has 1 aromatic heterocycles. The zero-order chi connectivity index (χ0) is 22.9. The molecule has 0 atom stereocenters. The van der Waals surface area contributed by atoms with E-state index in [4.69, 9.17) is 11.6 Å². The molecule has 3 aromatic carbocycles. The molecule has 4 aromatic rings. The Balaban J connectivity index is 1.66. The lowest BCUT2D eigenvalue weighted by Gasteiger charge is -2.09. The number of nitrogens with zero attached hydrogens (tertiary/aromatic N) is 2. The van der Waals surface area contributed by atoms with Crippen LogP contribution in [0.25, 0.3) is 10.2 Å². The number of sulfonamides is 1. The molecule has 0 fully saturated rings. The van der Waals surface area contributed by atoms with Gasteiger partial charge in [-0.05, 0) is 67.6 Å². The first-order valence-electron chi connectivity index (χ1n) is 9.53. The Labute approximate surface area is 192 Å². The summed E-state index contributed by atoms with van der Waals surface area (Å²) >= 11 is 7.03. The zero-order valence-electron chi connectivity index (χ0n) is 16.7. The third-order valence-corrected chi connectivity index (χ3v) is 7.33. The largest absolute Gasteiger partial charge is 0.317 e. The first-order valence-corrected chi connectivity index (χ1v) is 12.2. The third-order valence-electron chi connectivity index (χ3n) is 4.64. The maximum Gasteiger partial charge on any atom is 0.279 e. The number of aryl methyl sites for hydroxylation is 1. The summed E-state index contributed by atoms with van der Waals surface area (Å²) in [5, 5.41) is 0.423. The highest BCUT2D eigenvalue weighted by Crippen LogP contribution is 2.21. The first-order chi connectivity index (χ1) is 15.3. The second-order valence-electron chi connectivity index (χ2n) is 6.80. The van der Waals surface area contributed by atoms with Gasteiger partial charge in [0.2, 0.25) is 0 Å². The van der Waals surface area contributed by atoms with Crippen LogP contribution in [0, 0.1) is 5.82 Å². The van der Waals surface area contributed by atoms with Crippen molar-refractivity contribution in [3.8, 4) is 0 Å². The number of carbonyl (C=O) groups is 1. The molecular formula is C22H17ClFN3O3S2. The van der Waals surface area contributed by atoms with Gasteiger partial charge in [-0.25, -0.2) is 12.8 Å². The molecule has 1 amide bonds. The quantitative estimate of drug-likeness (QED) is 0.425. The van der Waals surface area contributed by atoms with Crippen LogP contribution in [0.4, 0.5) is 10.1 Å². The minimum absolute atomic E-state index is 0.0461. The van der Waals surface area contributed by atoms with E-state index in [0.717, 1.165) is 5.52 Å². The van der Waals surface area contributed by atoms with Crippen LogP contribution < -0.4 is 9.52 Å². The van der Waals surface area contributed by atoms with E-state index in [0.29, 0.717) is 21.1 Å². The normalized spacial score (nSPS) is 12.3. The maximum absolute atomic E-state index is 13.6. The number of amides is 1. The molecular weight excluding hydrogens is 473 g/mol. The number of rotatable bonds is 5. The average molecular weight is 490 g/mol. The Morgan fingerprint density at radius 2 is 1.88 bits per heavy atom. The summed E-state index contributed by atoms with van der Waals surface area (Å²) in [4.78, 5) is 17.5. The lowest BCUT2D eigenvalue weighted by atomic mass is 10.2. The highest BCUT2D eigenvalue weighted by atomic mass is 35.5. The lowest BCUT2D eigenvalue weighted by molar-refractivity contribution is 0.0998. The molecule has 0 saturated heterocycles. The number of thiazole rings is 1. The Kier molecular flexibility index (Phi) is 6.14. The highest BCUT2D eigenvalue weighted by Gasteiger charge is 2.15. The number of aromatic nitrogens is 1. The van der Waals surface area contributed by atoms with Gasteiger partial charge < -0.3 is 4.57 Å². The van der Waals surface area contributed by atoms with E-state index in [9.17, 15) is 17.6 Å². The van der Waals surface area contributed by atoms with Crippen molar-refractivity contribution in [1.29, 1.82) is 0 Å². The first kappa shape index (κ1) is 22.2. The van der Waals surface area contributed by atoms with Crippen LogP contribution in [0.2, 0.25) is 5.02 Å². The number of hydrogen-bond donors (Lipinski definition) is 1. The molecule has 6 nitrogen and oxygen atoms in total. The van der Waals surface area contributed by atoms with Gasteiger partial charge in [0.15, 0.2) is 4.80 Å². The van der Waals surface area contributed by atoms with Crippen LogP contribution in [0.3, 0.4) is 0 Å². The average Bonchev–Trinajstić information content (AvgIpc) is 3.09. The van der Waals surface area contributed by atoms with Crippen LogP contribution in [-0.4, -0.2) is 18.9 Å². The number of nitrogens with one attached hydrogen (secondary N) is 1. The smallest absolute Gasteiger partial charge is 0.279 e. The molecule has 0 spiro atoms. The fourth-order valence-electron chi connectivity index (χ4n) is 3.13. The van der Waals surface area contributed by atoms with Crippen molar-refractivity contribution in [2.45, 2.75) is 18.4 Å². The number of hydrogen-bond acceptors (Lipinski definition) is 4. The van der Waals surface area contributed by atoms with E-state index < -0.39 is 15.9 Å². The minimum atomic E-state index is -3.85. The van der Waals surface area contributed by atoms with E-state index in [1.54, 1.807) is 24.3 Å². The predicted octanol–water partition coefficient (Wildman–Crippen LogP) is 5.06. The van der Waals surface area contributed by atoms with Gasteiger partial charge in [0.05, 0.1) is 15.1 Å². The fraction of sp³-hybridized carbons (Fsp3) is 0.0909. The summed E-state index contributed by atoms with van der Waals surface area (Å²) in [6.45, 7) is 2.46. The number of fused-ring (bicyclic) bond motifs is 1. The molecule has 164 valence electrons. The summed E-state index contributed by atoms with van der Waals surface area (Å²) in [5.74, 6) is -0.896. The van der Waals surface area contributed by atoms with Crippen molar-refractivity contribution in [3.05, 3.63) is 87.9 Å². The van der Waals surface area contributed by atoms with Crippen molar-refractivity contribution in [2.24, 2.45) is 4.99 Å². The molecule has 0 aliphatic rings. The van der Waals surface area contributed by atoms with Gasteiger partial charge in [0.25, 0.3) is 15.9 Å².